The lowest BCUT2D eigenvalue weighted by Crippen LogP contribution is -2.55. The normalized spacial score (nSPS) is 19.9. The molecule has 1 atom stereocenters. The monoisotopic (exact) mass is 269 g/mol. The Kier molecular flexibility index (Phi) is 6.27. The third-order valence-electron chi connectivity index (χ3n) is 4.68. The van der Waals surface area contributed by atoms with Gasteiger partial charge >= 0.3 is 0 Å². The van der Waals surface area contributed by atoms with Crippen molar-refractivity contribution in [2.75, 3.05) is 20.6 Å². The van der Waals surface area contributed by atoms with Gasteiger partial charge in [0.15, 0.2) is 0 Å². The van der Waals surface area contributed by atoms with Gasteiger partial charge in [0.05, 0.1) is 5.54 Å². The molecule has 19 heavy (non-hydrogen) atoms. The van der Waals surface area contributed by atoms with Crippen molar-refractivity contribution < 1.29 is 4.79 Å². The van der Waals surface area contributed by atoms with Crippen LogP contribution in [0.2, 0.25) is 0 Å². The maximum absolute atomic E-state index is 12.2. The second-order valence-electron chi connectivity index (χ2n) is 6.18. The van der Waals surface area contributed by atoms with Crippen molar-refractivity contribution in [2.24, 2.45) is 11.7 Å². The van der Waals surface area contributed by atoms with Crippen molar-refractivity contribution >= 4 is 5.91 Å². The summed E-state index contributed by atoms with van der Waals surface area (Å²) in [6.07, 6.45) is 6.10. The number of rotatable bonds is 7. The Labute approximate surface area is 118 Å². The molecule has 1 rings (SSSR count). The first-order valence-electron chi connectivity index (χ1n) is 7.68. The number of nitrogens with one attached hydrogen (secondary N) is 1. The molecule has 4 heteroatoms. The molecule has 0 radical (unpaired) electrons. The predicted molar refractivity (Wildman–Crippen MR) is 79.9 cm³/mol. The van der Waals surface area contributed by atoms with E-state index in [2.05, 4.69) is 38.2 Å². The average molecular weight is 269 g/mol. The molecule has 0 aliphatic heterocycles. The number of hydrogen-bond acceptors (Lipinski definition) is 3. The lowest BCUT2D eigenvalue weighted by atomic mass is 9.92. The minimum atomic E-state index is -0.606. The van der Waals surface area contributed by atoms with Gasteiger partial charge in [0.25, 0.3) is 0 Å². The van der Waals surface area contributed by atoms with E-state index in [4.69, 9.17) is 5.73 Å². The zero-order valence-corrected chi connectivity index (χ0v) is 13.0. The van der Waals surface area contributed by atoms with Crippen LogP contribution < -0.4 is 11.1 Å². The van der Waals surface area contributed by atoms with Gasteiger partial charge in [0.1, 0.15) is 0 Å². The molecule has 0 saturated heterocycles. The minimum absolute atomic E-state index is 0.0443. The summed E-state index contributed by atoms with van der Waals surface area (Å²) in [5.74, 6) is 0.662. The van der Waals surface area contributed by atoms with Crippen LogP contribution in [0.1, 0.15) is 52.4 Å². The largest absolute Gasteiger partial charge is 0.353 e. The van der Waals surface area contributed by atoms with E-state index < -0.39 is 5.54 Å². The third-order valence-corrected chi connectivity index (χ3v) is 4.68. The topological polar surface area (TPSA) is 58.4 Å². The molecular formula is C15H31N3O. The number of carbonyl (C=O) groups excluding carboxylic acids is 1. The predicted octanol–water partition coefficient (Wildman–Crippen LogP) is 1.74. The van der Waals surface area contributed by atoms with Gasteiger partial charge < -0.3 is 16.0 Å². The fourth-order valence-corrected chi connectivity index (χ4v) is 3.21. The maximum atomic E-state index is 12.2. The summed E-state index contributed by atoms with van der Waals surface area (Å²) >= 11 is 0. The maximum Gasteiger partial charge on any atom is 0.240 e. The van der Waals surface area contributed by atoms with E-state index in [0.29, 0.717) is 18.5 Å². The molecule has 0 aromatic heterocycles. The van der Waals surface area contributed by atoms with E-state index >= 15 is 0 Å². The van der Waals surface area contributed by atoms with Crippen LogP contribution >= 0.6 is 0 Å². The first kappa shape index (κ1) is 16.4. The Balaban J connectivity index is 2.54. The van der Waals surface area contributed by atoms with Crippen molar-refractivity contribution in [3.8, 4) is 0 Å². The lowest BCUT2D eigenvalue weighted by molar-refractivity contribution is -0.126. The zero-order valence-electron chi connectivity index (χ0n) is 13.0. The van der Waals surface area contributed by atoms with E-state index in [1.54, 1.807) is 0 Å². The van der Waals surface area contributed by atoms with E-state index in [0.717, 1.165) is 38.5 Å². The molecular weight excluding hydrogens is 238 g/mol. The summed E-state index contributed by atoms with van der Waals surface area (Å²) in [6.45, 7) is 5.14. The zero-order chi connectivity index (χ0) is 14.5. The van der Waals surface area contributed by atoms with Gasteiger partial charge in [-0.15, -0.1) is 0 Å². The highest BCUT2D eigenvalue weighted by molar-refractivity contribution is 5.86. The fourth-order valence-electron chi connectivity index (χ4n) is 3.21. The van der Waals surface area contributed by atoms with Crippen molar-refractivity contribution in [3.63, 3.8) is 0 Å². The smallest absolute Gasteiger partial charge is 0.240 e. The molecule has 112 valence electrons. The number of amides is 1. The number of nitrogens with zero attached hydrogens (tertiary/aromatic N) is 1. The summed E-state index contributed by atoms with van der Waals surface area (Å²) in [5, 5.41) is 3.09. The summed E-state index contributed by atoms with van der Waals surface area (Å²) in [6, 6.07) is 0.393. The summed E-state index contributed by atoms with van der Waals surface area (Å²) < 4.78 is 0. The quantitative estimate of drug-likeness (QED) is 0.740. The number of nitrogens with two attached hydrogens (primary N) is 1. The molecule has 1 aliphatic carbocycles. The minimum Gasteiger partial charge on any atom is -0.353 e. The molecule has 0 aromatic rings. The number of hydrogen-bond donors (Lipinski definition) is 2. The summed E-state index contributed by atoms with van der Waals surface area (Å²) in [5.41, 5.74) is 5.57. The van der Waals surface area contributed by atoms with Gasteiger partial charge in [-0.25, -0.2) is 0 Å². The standard InChI is InChI=1S/C15H31N3O/c1-5-12(6-2)13(18(3)4)11-17-14(19)15(16)9-7-8-10-15/h12-13H,5-11,16H2,1-4H3,(H,17,19). The summed E-state index contributed by atoms with van der Waals surface area (Å²) in [7, 11) is 4.17. The molecule has 1 amide bonds. The van der Waals surface area contributed by atoms with E-state index in [9.17, 15) is 4.79 Å². The van der Waals surface area contributed by atoms with Crippen LogP contribution in [0.5, 0.6) is 0 Å². The van der Waals surface area contributed by atoms with Crippen LogP contribution in [-0.2, 0) is 4.79 Å². The van der Waals surface area contributed by atoms with Crippen LogP contribution in [-0.4, -0.2) is 43.0 Å². The van der Waals surface area contributed by atoms with Gasteiger partial charge in [0.2, 0.25) is 5.91 Å². The van der Waals surface area contributed by atoms with Crippen molar-refractivity contribution in [2.45, 2.75) is 64.0 Å². The molecule has 3 N–H and O–H groups in total. The highest BCUT2D eigenvalue weighted by Gasteiger charge is 2.37. The van der Waals surface area contributed by atoms with Gasteiger partial charge in [-0.3, -0.25) is 4.79 Å². The van der Waals surface area contributed by atoms with Gasteiger partial charge in [-0.2, -0.15) is 0 Å². The summed E-state index contributed by atoms with van der Waals surface area (Å²) in [4.78, 5) is 14.5. The Morgan fingerprint density at radius 3 is 2.21 bits per heavy atom. The van der Waals surface area contributed by atoms with Crippen molar-refractivity contribution in [1.82, 2.24) is 10.2 Å². The average Bonchev–Trinajstić information content (AvgIpc) is 2.82. The van der Waals surface area contributed by atoms with E-state index in [1.807, 2.05) is 0 Å². The van der Waals surface area contributed by atoms with E-state index in [1.165, 1.54) is 0 Å². The van der Waals surface area contributed by atoms with Gasteiger partial charge in [0, 0.05) is 12.6 Å². The van der Waals surface area contributed by atoms with E-state index in [-0.39, 0.29) is 5.91 Å². The first-order valence-corrected chi connectivity index (χ1v) is 7.68. The number of carbonyl (C=O) groups is 1. The van der Waals surface area contributed by atoms with Gasteiger partial charge in [-0.1, -0.05) is 39.5 Å². The van der Waals surface area contributed by atoms with Crippen LogP contribution in [0.15, 0.2) is 0 Å². The molecule has 0 spiro atoms. The Hall–Kier alpha value is -0.610. The molecule has 0 bridgehead atoms. The number of likely N-dealkylation sites (N-methyl/N-ethyl adjacent to an activating group) is 1. The molecule has 0 aromatic carbocycles. The van der Waals surface area contributed by atoms with Gasteiger partial charge in [-0.05, 0) is 32.9 Å². The van der Waals surface area contributed by atoms with Crippen molar-refractivity contribution in [3.05, 3.63) is 0 Å². The second-order valence-corrected chi connectivity index (χ2v) is 6.18. The van der Waals surface area contributed by atoms with Crippen LogP contribution in [0.3, 0.4) is 0 Å². The molecule has 4 nitrogen and oxygen atoms in total. The van der Waals surface area contributed by atoms with Crippen LogP contribution in [0.4, 0.5) is 0 Å². The molecule has 1 aliphatic rings. The molecule has 0 heterocycles. The Bertz CT molecular complexity index is 281. The van der Waals surface area contributed by atoms with Crippen molar-refractivity contribution in [1.29, 1.82) is 0 Å². The molecule has 1 saturated carbocycles. The van der Waals surface area contributed by atoms with Crippen LogP contribution in [0, 0.1) is 5.92 Å². The Morgan fingerprint density at radius 1 is 1.26 bits per heavy atom. The molecule has 1 fully saturated rings. The highest BCUT2D eigenvalue weighted by Crippen LogP contribution is 2.27. The van der Waals surface area contributed by atoms with Crippen LogP contribution in [0.25, 0.3) is 0 Å². The fraction of sp³-hybridized carbons (Fsp3) is 0.933. The SMILES string of the molecule is CCC(CC)C(CNC(=O)C1(N)CCCC1)N(C)C. The molecule has 1 unspecified atom stereocenters. The lowest BCUT2D eigenvalue weighted by Gasteiger charge is -2.33. The first-order chi connectivity index (χ1) is 8.94. The highest BCUT2D eigenvalue weighted by atomic mass is 16.2. The Morgan fingerprint density at radius 2 is 1.79 bits per heavy atom. The second kappa shape index (κ2) is 7.25. The third kappa shape index (κ3) is 4.18.